The van der Waals surface area contributed by atoms with E-state index in [0.29, 0.717) is 34.0 Å². The van der Waals surface area contributed by atoms with Gasteiger partial charge in [0.25, 0.3) is 5.56 Å². The molecule has 122 valence electrons. The number of rotatable bonds is 2. The van der Waals surface area contributed by atoms with E-state index in [1.807, 2.05) is 0 Å². The summed E-state index contributed by atoms with van der Waals surface area (Å²) in [6.07, 6.45) is 0. The van der Waals surface area contributed by atoms with Crippen molar-refractivity contribution in [1.82, 2.24) is 10.2 Å². The molecule has 3 rings (SSSR count). The largest absolute Gasteiger partial charge is 0.272 e. The maximum absolute atomic E-state index is 14.2. The van der Waals surface area contributed by atoms with E-state index in [1.54, 1.807) is 31.2 Å². The van der Waals surface area contributed by atoms with Crippen LogP contribution in [-0.2, 0) is 0 Å². The van der Waals surface area contributed by atoms with Crippen LogP contribution in [0.1, 0.15) is 5.69 Å². The van der Waals surface area contributed by atoms with Crippen molar-refractivity contribution in [2.24, 2.45) is 0 Å². The van der Waals surface area contributed by atoms with Crippen molar-refractivity contribution in [3.63, 3.8) is 0 Å². The van der Waals surface area contributed by atoms with E-state index in [1.165, 1.54) is 0 Å². The predicted molar refractivity (Wildman–Crippen MR) is 85.4 cm³/mol. The van der Waals surface area contributed by atoms with Gasteiger partial charge in [0.1, 0.15) is 5.82 Å². The van der Waals surface area contributed by atoms with Gasteiger partial charge in [-0.2, -0.15) is 5.10 Å². The van der Waals surface area contributed by atoms with E-state index in [4.69, 9.17) is 11.6 Å². The molecule has 0 saturated carbocycles. The summed E-state index contributed by atoms with van der Waals surface area (Å²) in [4.78, 5) is 12.3. The number of benzene rings is 2. The molecule has 2 aromatic carbocycles. The summed E-state index contributed by atoms with van der Waals surface area (Å²) in [5.74, 6) is -3.62. The number of aryl methyl sites for hydroxylation is 1. The average Bonchev–Trinajstić information content (AvgIpc) is 2.54. The first kappa shape index (κ1) is 16.3. The Labute approximate surface area is 139 Å². The maximum Gasteiger partial charge on any atom is 0.272 e. The Morgan fingerprint density at radius 1 is 0.958 bits per heavy atom. The van der Waals surface area contributed by atoms with Crippen LogP contribution < -0.4 is 5.56 Å². The van der Waals surface area contributed by atoms with Crippen LogP contribution in [0.4, 0.5) is 13.2 Å². The van der Waals surface area contributed by atoms with Crippen molar-refractivity contribution in [1.29, 1.82) is 0 Å². The summed E-state index contributed by atoms with van der Waals surface area (Å²) in [5.41, 5.74) is 0.0910. The summed E-state index contributed by atoms with van der Waals surface area (Å²) in [6, 6.07) is 7.53. The molecule has 1 N–H and O–H groups in total. The lowest BCUT2D eigenvalue weighted by Gasteiger charge is -2.12. The summed E-state index contributed by atoms with van der Waals surface area (Å²) >= 11 is 5.86. The van der Waals surface area contributed by atoms with Gasteiger partial charge in [-0.15, -0.1) is 0 Å². The van der Waals surface area contributed by atoms with Crippen LogP contribution in [0.2, 0.25) is 5.02 Å². The first-order chi connectivity index (χ1) is 11.4. The first-order valence-electron chi connectivity index (χ1n) is 6.88. The SMILES string of the molecule is Cc1n[nH]c(=O)c(-c2cc(F)c(F)cc2F)c1-c1ccc(Cl)cc1. The van der Waals surface area contributed by atoms with Crippen molar-refractivity contribution in [2.45, 2.75) is 6.92 Å². The Morgan fingerprint density at radius 2 is 1.58 bits per heavy atom. The third kappa shape index (κ3) is 2.80. The normalized spacial score (nSPS) is 10.9. The minimum atomic E-state index is -1.33. The van der Waals surface area contributed by atoms with Crippen molar-refractivity contribution in [3.8, 4) is 22.3 Å². The molecule has 3 nitrogen and oxygen atoms in total. The second kappa shape index (κ2) is 6.13. The van der Waals surface area contributed by atoms with Crippen LogP contribution in [0.3, 0.4) is 0 Å². The molecule has 1 heterocycles. The smallest absolute Gasteiger partial charge is 0.267 e. The molecule has 3 aromatic rings. The van der Waals surface area contributed by atoms with Crippen LogP contribution in [-0.4, -0.2) is 10.2 Å². The van der Waals surface area contributed by atoms with Crippen molar-refractivity contribution in [3.05, 3.63) is 74.9 Å². The fourth-order valence-corrected chi connectivity index (χ4v) is 2.61. The molecular weight excluding hydrogens is 341 g/mol. The van der Waals surface area contributed by atoms with Crippen molar-refractivity contribution >= 4 is 11.6 Å². The monoisotopic (exact) mass is 350 g/mol. The molecule has 0 bridgehead atoms. The second-order valence-electron chi connectivity index (χ2n) is 5.14. The van der Waals surface area contributed by atoms with Gasteiger partial charge in [0.15, 0.2) is 11.6 Å². The molecule has 0 aliphatic rings. The lowest BCUT2D eigenvalue weighted by molar-refractivity contribution is 0.496. The molecule has 7 heteroatoms. The number of hydrogen-bond donors (Lipinski definition) is 1. The fourth-order valence-electron chi connectivity index (χ4n) is 2.48. The van der Waals surface area contributed by atoms with Crippen LogP contribution >= 0.6 is 11.6 Å². The fraction of sp³-hybridized carbons (Fsp3) is 0.0588. The number of nitrogens with one attached hydrogen (secondary N) is 1. The quantitative estimate of drug-likeness (QED) is 0.692. The first-order valence-corrected chi connectivity index (χ1v) is 7.26. The van der Waals surface area contributed by atoms with Gasteiger partial charge >= 0.3 is 0 Å². The van der Waals surface area contributed by atoms with Gasteiger partial charge in [-0.3, -0.25) is 4.79 Å². The van der Waals surface area contributed by atoms with Crippen LogP contribution in [0, 0.1) is 24.4 Å². The van der Waals surface area contributed by atoms with Crippen molar-refractivity contribution < 1.29 is 13.2 Å². The Balaban J connectivity index is 2.37. The minimum absolute atomic E-state index is 0.124. The molecule has 0 radical (unpaired) electrons. The molecule has 0 atom stereocenters. The van der Waals surface area contributed by atoms with Gasteiger partial charge in [-0.05, 0) is 30.7 Å². The summed E-state index contributed by atoms with van der Waals surface area (Å²) in [7, 11) is 0. The second-order valence-corrected chi connectivity index (χ2v) is 5.58. The molecular formula is C17H10ClF3N2O. The van der Waals surface area contributed by atoms with E-state index in [0.717, 1.165) is 0 Å². The lowest BCUT2D eigenvalue weighted by atomic mass is 9.94. The van der Waals surface area contributed by atoms with Crippen LogP contribution in [0.15, 0.2) is 41.2 Å². The Bertz CT molecular complexity index is 984. The number of halogens is 4. The Morgan fingerprint density at radius 3 is 2.25 bits per heavy atom. The van der Waals surface area contributed by atoms with E-state index in [-0.39, 0.29) is 11.1 Å². The number of H-pyrrole nitrogens is 1. The van der Waals surface area contributed by atoms with Gasteiger partial charge < -0.3 is 0 Å². The number of aromatic amines is 1. The molecule has 1 aromatic heterocycles. The third-order valence-corrected chi connectivity index (χ3v) is 3.83. The van der Waals surface area contributed by atoms with E-state index in [2.05, 4.69) is 10.2 Å². The predicted octanol–water partition coefficient (Wildman–Crippen LogP) is 4.48. The third-order valence-electron chi connectivity index (χ3n) is 3.58. The number of hydrogen-bond acceptors (Lipinski definition) is 2. The van der Waals surface area contributed by atoms with Crippen molar-refractivity contribution in [2.75, 3.05) is 0 Å². The molecule has 0 amide bonds. The summed E-state index contributed by atoms with van der Waals surface area (Å²) in [6.45, 7) is 1.61. The topological polar surface area (TPSA) is 45.8 Å². The molecule has 0 aliphatic heterocycles. The zero-order valence-corrected chi connectivity index (χ0v) is 13.1. The Hall–Kier alpha value is -2.60. The highest BCUT2D eigenvalue weighted by Gasteiger charge is 2.20. The van der Waals surface area contributed by atoms with Gasteiger partial charge in [-0.1, -0.05) is 23.7 Å². The molecule has 0 unspecified atom stereocenters. The van der Waals surface area contributed by atoms with E-state index in [9.17, 15) is 18.0 Å². The van der Waals surface area contributed by atoms with Crippen LogP contribution in [0.25, 0.3) is 22.3 Å². The maximum atomic E-state index is 14.2. The van der Waals surface area contributed by atoms with Crippen LogP contribution in [0.5, 0.6) is 0 Å². The summed E-state index contributed by atoms with van der Waals surface area (Å²) < 4.78 is 41.0. The van der Waals surface area contributed by atoms with Gasteiger partial charge in [-0.25, -0.2) is 18.3 Å². The standard InChI is InChI=1S/C17H10ClF3N2O/c1-8-15(9-2-4-10(18)5-3-9)16(17(24)23-22-8)11-6-13(20)14(21)7-12(11)19/h2-7H,1H3,(H,23,24). The van der Waals surface area contributed by atoms with Gasteiger partial charge in [0, 0.05) is 22.2 Å². The zero-order chi connectivity index (χ0) is 17.4. The van der Waals surface area contributed by atoms with Gasteiger partial charge in [0.05, 0.1) is 11.3 Å². The zero-order valence-electron chi connectivity index (χ0n) is 12.3. The molecule has 0 aliphatic carbocycles. The summed E-state index contributed by atoms with van der Waals surface area (Å²) in [5, 5.41) is 6.59. The molecule has 0 spiro atoms. The number of aromatic nitrogens is 2. The Kier molecular flexibility index (Phi) is 4.15. The lowest BCUT2D eigenvalue weighted by Crippen LogP contribution is -2.15. The van der Waals surface area contributed by atoms with E-state index >= 15 is 0 Å². The van der Waals surface area contributed by atoms with Gasteiger partial charge in [0.2, 0.25) is 0 Å². The molecule has 0 saturated heterocycles. The van der Waals surface area contributed by atoms with E-state index < -0.39 is 23.0 Å². The highest BCUT2D eigenvalue weighted by atomic mass is 35.5. The molecule has 0 fully saturated rings. The highest BCUT2D eigenvalue weighted by Crippen LogP contribution is 2.33. The molecule has 24 heavy (non-hydrogen) atoms. The highest BCUT2D eigenvalue weighted by molar-refractivity contribution is 6.30. The number of nitrogens with zero attached hydrogens (tertiary/aromatic N) is 1. The average molecular weight is 351 g/mol. The minimum Gasteiger partial charge on any atom is -0.267 e.